The van der Waals surface area contributed by atoms with Gasteiger partial charge in [-0.2, -0.15) is 0 Å². The summed E-state index contributed by atoms with van der Waals surface area (Å²) in [6.45, 7) is 4.19. The maximum Gasteiger partial charge on any atom is 0.194 e. The smallest absolute Gasteiger partial charge is 0.194 e. The van der Waals surface area contributed by atoms with Crippen LogP contribution in [0.1, 0.15) is 20.3 Å². The lowest BCUT2D eigenvalue weighted by Crippen LogP contribution is -2.29. The number of hydrogen-bond donors (Lipinski definition) is 1. The van der Waals surface area contributed by atoms with E-state index in [4.69, 9.17) is 12.2 Å². The highest BCUT2D eigenvalue weighted by Gasteiger charge is 1.97. The molecule has 0 aliphatic carbocycles. The van der Waals surface area contributed by atoms with E-state index in [9.17, 15) is 0 Å². The maximum atomic E-state index is 4.98. The van der Waals surface area contributed by atoms with Crippen LogP contribution in [0.3, 0.4) is 0 Å². The Kier molecular flexibility index (Phi) is 5.62. The minimum absolute atomic E-state index is 0.400. The van der Waals surface area contributed by atoms with Crippen LogP contribution in [-0.4, -0.2) is 36.5 Å². The average Bonchev–Trinajstić information content (AvgIpc) is 2.00. The molecule has 12 heavy (non-hydrogen) atoms. The Morgan fingerprint density at radius 2 is 2.25 bits per heavy atom. The third kappa shape index (κ3) is 6.09. The number of rotatable bonds is 3. The highest BCUT2D eigenvalue weighted by Crippen LogP contribution is 1.88. The van der Waals surface area contributed by atoms with Crippen LogP contribution in [0.25, 0.3) is 0 Å². The second-order valence-corrected chi connectivity index (χ2v) is 3.35. The summed E-state index contributed by atoms with van der Waals surface area (Å²) < 4.78 is 0. The molecule has 0 rings (SSSR count). The molecule has 0 amide bonds. The van der Waals surface area contributed by atoms with Crippen LogP contribution in [0.2, 0.25) is 0 Å². The zero-order valence-corrected chi connectivity index (χ0v) is 8.98. The molecule has 0 aromatic carbocycles. The quantitative estimate of drug-likeness (QED) is 0.409. The lowest BCUT2D eigenvalue weighted by Gasteiger charge is -2.10. The van der Waals surface area contributed by atoms with E-state index in [1.165, 1.54) is 0 Å². The molecule has 3 nitrogen and oxygen atoms in total. The molecule has 0 fully saturated rings. The second kappa shape index (κ2) is 5.94. The van der Waals surface area contributed by atoms with Gasteiger partial charge in [0.2, 0.25) is 0 Å². The first kappa shape index (κ1) is 11.4. The van der Waals surface area contributed by atoms with Gasteiger partial charge in [-0.3, -0.25) is 0 Å². The van der Waals surface area contributed by atoms with E-state index < -0.39 is 0 Å². The van der Waals surface area contributed by atoms with Crippen molar-refractivity contribution in [1.82, 2.24) is 10.2 Å². The van der Waals surface area contributed by atoms with Crippen molar-refractivity contribution in [3.8, 4) is 0 Å². The SMILES string of the molecule is CC[C@@H](C)NC(=S)N=CN(C)C. The van der Waals surface area contributed by atoms with E-state index in [1.54, 1.807) is 6.34 Å². The molecule has 70 valence electrons. The molecule has 1 N–H and O–H groups in total. The standard InChI is InChI=1S/C8H17N3S/c1-5-7(2)10-8(12)9-6-11(3)4/h6-7H,5H2,1-4H3,(H,10,12)/t7-/m1/s1. The van der Waals surface area contributed by atoms with Crippen LogP contribution >= 0.6 is 12.2 Å². The van der Waals surface area contributed by atoms with Gasteiger partial charge in [-0.05, 0) is 25.6 Å². The minimum atomic E-state index is 0.400. The topological polar surface area (TPSA) is 27.6 Å². The minimum Gasteiger partial charge on any atom is -0.369 e. The van der Waals surface area contributed by atoms with E-state index in [2.05, 4.69) is 24.2 Å². The van der Waals surface area contributed by atoms with Gasteiger partial charge < -0.3 is 10.2 Å². The predicted octanol–water partition coefficient (Wildman–Crippen LogP) is 1.25. The molecule has 0 aromatic heterocycles. The van der Waals surface area contributed by atoms with E-state index in [1.807, 2.05) is 19.0 Å². The van der Waals surface area contributed by atoms with Gasteiger partial charge in [0.15, 0.2) is 5.11 Å². The van der Waals surface area contributed by atoms with Crippen LogP contribution in [-0.2, 0) is 0 Å². The summed E-state index contributed by atoms with van der Waals surface area (Å²) in [6.07, 6.45) is 2.75. The molecule has 0 unspecified atom stereocenters. The molecule has 0 spiro atoms. The number of thiocarbonyl (C=S) groups is 1. The lowest BCUT2D eigenvalue weighted by molar-refractivity contribution is 0.634. The average molecular weight is 187 g/mol. The van der Waals surface area contributed by atoms with Crippen LogP contribution in [0.4, 0.5) is 0 Å². The fraction of sp³-hybridized carbons (Fsp3) is 0.750. The van der Waals surface area contributed by atoms with Crippen molar-refractivity contribution >= 4 is 23.7 Å². The van der Waals surface area contributed by atoms with Crippen LogP contribution in [0, 0.1) is 0 Å². The molecular formula is C8H17N3S. The molecule has 0 aliphatic heterocycles. The van der Waals surface area contributed by atoms with Gasteiger partial charge in [-0.1, -0.05) is 6.92 Å². The molecule has 0 radical (unpaired) electrons. The second-order valence-electron chi connectivity index (χ2n) is 2.97. The first-order chi connectivity index (χ1) is 5.56. The monoisotopic (exact) mass is 187 g/mol. The van der Waals surface area contributed by atoms with Gasteiger partial charge in [0.05, 0.1) is 6.34 Å². The van der Waals surface area contributed by atoms with Crippen molar-refractivity contribution in [1.29, 1.82) is 0 Å². The van der Waals surface area contributed by atoms with Crippen molar-refractivity contribution in [2.75, 3.05) is 14.1 Å². The third-order valence-electron chi connectivity index (χ3n) is 1.39. The summed E-state index contributed by atoms with van der Waals surface area (Å²) in [6, 6.07) is 0.400. The molecule has 0 aromatic rings. The van der Waals surface area contributed by atoms with E-state index in [-0.39, 0.29) is 0 Å². The van der Waals surface area contributed by atoms with E-state index >= 15 is 0 Å². The molecule has 4 heteroatoms. The Balaban J connectivity index is 3.74. The third-order valence-corrected chi connectivity index (χ3v) is 1.61. The number of nitrogens with zero attached hydrogens (tertiary/aromatic N) is 2. The zero-order valence-electron chi connectivity index (χ0n) is 8.16. The summed E-state index contributed by atoms with van der Waals surface area (Å²) in [5, 5.41) is 3.65. The van der Waals surface area contributed by atoms with Crippen molar-refractivity contribution < 1.29 is 0 Å². The lowest BCUT2D eigenvalue weighted by atomic mass is 10.3. The predicted molar refractivity (Wildman–Crippen MR) is 57.7 cm³/mol. The summed E-state index contributed by atoms with van der Waals surface area (Å²) >= 11 is 4.98. The molecule has 0 heterocycles. The Bertz CT molecular complexity index is 166. The van der Waals surface area contributed by atoms with E-state index in [0.717, 1.165) is 6.42 Å². The summed E-state index contributed by atoms with van der Waals surface area (Å²) in [5.41, 5.74) is 0. The molecule has 0 saturated heterocycles. The van der Waals surface area contributed by atoms with Gasteiger partial charge in [-0.25, -0.2) is 4.99 Å². The van der Waals surface area contributed by atoms with Gasteiger partial charge in [0, 0.05) is 20.1 Å². The Morgan fingerprint density at radius 1 is 1.67 bits per heavy atom. The first-order valence-corrected chi connectivity index (χ1v) is 4.48. The molecule has 0 aliphatic rings. The number of aliphatic imine (C=N–C) groups is 1. The fourth-order valence-corrected chi connectivity index (χ4v) is 0.766. The van der Waals surface area contributed by atoms with Gasteiger partial charge in [0.25, 0.3) is 0 Å². The van der Waals surface area contributed by atoms with Gasteiger partial charge >= 0.3 is 0 Å². The molecule has 0 saturated carbocycles. The molecule has 1 atom stereocenters. The highest BCUT2D eigenvalue weighted by atomic mass is 32.1. The van der Waals surface area contributed by atoms with Crippen molar-refractivity contribution in [2.24, 2.45) is 4.99 Å². The molecular weight excluding hydrogens is 170 g/mol. The summed E-state index contributed by atoms with van der Waals surface area (Å²) in [4.78, 5) is 5.88. The van der Waals surface area contributed by atoms with Crippen molar-refractivity contribution in [2.45, 2.75) is 26.3 Å². The van der Waals surface area contributed by atoms with Gasteiger partial charge in [0.1, 0.15) is 0 Å². The van der Waals surface area contributed by atoms with Gasteiger partial charge in [-0.15, -0.1) is 0 Å². The number of nitrogens with one attached hydrogen (secondary N) is 1. The number of hydrogen-bond acceptors (Lipinski definition) is 1. The Labute approximate surface area is 79.9 Å². The van der Waals surface area contributed by atoms with Crippen molar-refractivity contribution in [3.05, 3.63) is 0 Å². The van der Waals surface area contributed by atoms with Crippen molar-refractivity contribution in [3.63, 3.8) is 0 Å². The van der Waals surface area contributed by atoms with E-state index in [0.29, 0.717) is 11.2 Å². The Hall–Kier alpha value is -0.640. The first-order valence-electron chi connectivity index (χ1n) is 4.07. The summed E-state index contributed by atoms with van der Waals surface area (Å²) in [7, 11) is 3.82. The Morgan fingerprint density at radius 3 is 2.67 bits per heavy atom. The van der Waals surface area contributed by atoms with Crippen LogP contribution < -0.4 is 5.32 Å². The maximum absolute atomic E-state index is 4.98. The fourth-order valence-electron chi connectivity index (χ4n) is 0.518. The summed E-state index contributed by atoms with van der Waals surface area (Å²) in [5.74, 6) is 0. The van der Waals surface area contributed by atoms with Crippen LogP contribution in [0.15, 0.2) is 4.99 Å². The van der Waals surface area contributed by atoms with Crippen LogP contribution in [0.5, 0.6) is 0 Å². The largest absolute Gasteiger partial charge is 0.369 e. The molecule has 0 bridgehead atoms. The normalized spacial score (nSPS) is 13.0. The highest BCUT2D eigenvalue weighted by molar-refractivity contribution is 7.80. The zero-order chi connectivity index (χ0) is 9.56.